The van der Waals surface area contributed by atoms with Crippen molar-refractivity contribution >= 4 is 29.2 Å². The van der Waals surface area contributed by atoms with E-state index in [1.165, 1.54) is 0 Å². The third kappa shape index (κ3) is 4.13. The van der Waals surface area contributed by atoms with Gasteiger partial charge in [-0.25, -0.2) is 4.98 Å². The molecule has 0 fully saturated rings. The van der Waals surface area contributed by atoms with Gasteiger partial charge in [0, 0.05) is 21.9 Å². The van der Waals surface area contributed by atoms with Crippen molar-refractivity contribution in [2.24, 2.45) is 0 Å². The molecule has 0 bridgehead atoms. The maximum atomic E-state index is 5.79. The van der Waals surface area contributed by atoms with E-state index in [0.717, 1.165) is 16.4 Å². The molecule has 1 heterocycles. The Morgan fingerprint density at radius 1 is 1.17 bits per heavy atom. The first-order valence-electron chi connectivity index (χ1n) is 5.47. The van der Waals surface area contributed by atoms with Gasteiger partial charge in [-0.1, -0.05) is 11.6 Å². The molecule has 3 nitrogen and oxygen atoms in total. The molecule has 2 aromatic rings. The van der Waals surface area contributed by atoms with Crippen molar-refractivity contribution < 1.29 is 4.74 Å². The quantitative estimate of drug-likeness (QED) is 0.673. The highest BCUT2D eigenvalue weighted by molar-refractivity contribution is 7.99. The van der Waals surface area contributed by atoms with Crippen LogP contribution in [0.25, 0.3) is 0 Å². The number of hydrogen-bond donors (Lipinski definition) is 1. The number of nitrogen functional groups attached to an aromatic ring is 1. The fraction of sp³-hybridized carbons (Fsp3) is 0.154. The fourth-order valence-corrected chi connectivity index (χ4v) is 2.15. The second-order valence-electron chi connectivity index (χ2n) is 3.57. The van der Waals surface area contributed by atoms with Crippen LogP contribution in [0.15, 0.2) is 47.5 Å². The van der Waals surface area contributed by atoms with Crippen molar-refractivity contribution in [3.8, 4) is 5.75 Å². The maximum Gasteiger partial charge on any atom is 0.123 e. The number of aromatic nitrogens is 1. The number of anilines is 1. The van der Waals surface area contributed by atoms with E-state index in [-0.39, 0.29) is 0 Å². The molecule has 0 unspecified atom stereocenters. The van der Waals surface area contributed by atoms with Crippen molar-refractivity contribution in [1.29, 1.82) is 0 Å². The Balaban J connectivity index is 1.73. The number of hydrogen-bond acceptors (Lipinski definition) is 4. The molecule has 0 spiro atoms. The van der Waals surface area contributed by atoms with E-state index in [4.69, 9.17) is 22.1 Å². The van der Waals surface area contributed by atoms with Crippen LogP contribution in [0.4, 0.5) is 5.82 Å². The van der Waals surface area contributed by atoms with E-state index in [1.807, 2.05) is 30.3 Å². The first kappa shape index (κ1) is 13.1. The lowest BCUT2D eigenvalue weighted by Crippen LogP contribution is -2.00. The number of thioether (sulfide) groups is 1. The summed E-state index contributed by atoms with van der Waals surface area (Å²) in [6, 6.07) is 11.1. The highest BCUT2D eigenvalue weighted by Crippen LogP contribution is 2.19. The summed E-state index contributed by atoms with van der Waals surface area (Å²) >= 11 is 7.47. The smallest absolute Gasteiger partial charge is 0.123 e. The minimum atomic E-state index is 0.539. The molecule has 1 aromatic carbocycles. The van der Waals surface area contributed by atoms with Crippen LogP contribution in [0.1, 0.15) is 0 Å². The van der Waals surface area contributed by atoms with Gasteiger partial charge in [0.05, 0.1) is 6.61 Å². The second-order valence-corrected chi connectivity index (χ2v) is 5.17. The molecule has 0 aliphatic heterocycles. The monoisotopic (exact) mass is 280 g/mol. The first-order chi connectivity index (χ1) is 8.74. The summed E-state index contributed by atoms with van der Waals surface area (Å²) in [6.45, 7) is 0.636. The summed E-state index contributed by atoms with van der Waals surface area (Å²) in [4.78, 5) is 5.11. The summed E-state index contributed by atoms with van der Waals surface area (Å²) in [5, 5.41) is 0.713. The molecular weight excluding hydrogens is 268 g/mol. The van der Waals surface area contributed by atoms with Crippen LogP contribution in [-0.4, -0.2) is 17.3 Å². The van der Waals surface area contributed by atoms with Crippen LogP contribution in [0.2, 0.25) is 5.02 Å². The zero-order valence-electron chi connectivity index (χ0n) is 9.67. The Kier molecular flexibility index (Phi) is 4.73. The van der Waals surface area contributed by atoms with Gasteiger partial charge in [-0.2, -0.15) is 0 Å². The second kappa shape index (κ2) is 6.52. The summed E-state index contributed by atoms with van der Waals surface area (Å²) in [5.41, 5.74) is 5.51. The molecule has 0 saturated carbocycles. The molecule has 94 valence electrons. The van der Waals surface area contributed by atoms with Gasteiger partial charge in [0.25, 0.3) is 0 Å². The molecule has 0 aliphatic carbocycles. The number of ether oxygens (including phenoxy) is 1. The van der Waals surface area contributed by atoms with E-state index < -0.39 is 0 Å². The highest BCUT2D eigenvalue weighted by atomic mass is 35.5. The zero-order chi connectivity index (χ0) is 12.8. The molecule has 2 N–H and O–H groups in total. The van der Waals surface area contributed by atoms with Crippen LogP contribution in [-0.2, 0) is 0 Å². The number of pyridine rings is 1. The lowest BCUT2D eigenvalue weighted by molar-refractivity contribution is 0.344. The molecule has 2 rings (SSSR count). The van der Waals surface area contributed by atoms with Crippen molar-refractivity contribution in [1.82, 2.24) is 4.98 Å². The average molecular weight is 281 g/mol. The number of halogens is 1. The predicted molar refractivity (Wildman–Crippen MR) is 76.3 cm³/mol. The van der Waals surface area contributed by atoms with Crippen LogP contribution < -0.4 is 10.5 Å². The predicted octanol–water partition coefficient (Wildman–Crippen LogP) is 3.49. The molecule has 1 aromatic heterocycles. The van der Waals surface area contributed by atoms with Crippen molar-refractivity contribution in [2.75, 3.05) is 18.1 Å². The fourth-order valence-electron chi connectivity index (χ4n) is 1.33. The molecule has 0 atom stereocenters. The van der Waals surface area contributed by atoms with Crippen LogP contribution >= 0.6 is 23.4 Å². The van der Waals surface area contributed by atoms with Gasteiger partial charge in [0.15, 0.2) is 0 Å². The van der Waals surface area contributed by atoms with E-state index in [9.17, 15) is 0 Å². The SMILES string of the molecule is Nc1ccc(SCCOc2ccc(Cl)cc2)cn1. The lowest BCUT2D eigenvalue weighted by atomic mass is 10.3. The van der Waals surface area contributed by atoms with Crippen molar-refractivity contribution in [3.05, 3.63) is 47.6 Å². The first-order valence-corrected chi connectivity index (χ1v) is 6.83. The van der Waals surface area contributed by atoms with Gasteiger partial charge in [-0.15, -0.1) is 11.8 Å². The van der Waals surface area contributed by atoms with Gasteiger partial charge in [-0.05, 0) is 36.4 Å². The maximum absolute atomic E-state index is 5.79. The minimum Gasteiger partial charge on any atom is -0.493 e. The third-order valence-corrected chi connectivity index (χ3v) is 3.39. The van der Waals surface area contributed by atoms with E-state index in [2.05, 4.69) is 4.98 Å². The van der Waals surface area contributed by atoms with E-state index >= 15 is 0 Å². The van der Waals surface area contributed by atoms with Gasteiger partial charge in [0.2, 0.25) is 0 Å². The Morgan fingerprint density at radius 3 is 2.61 bits per heavy atom. The number of rotatable bonds is 5. The summed E-state index contributed by atoms with van der Waals surface area (Å²) in [5.74, 6) is 2.22. The van der Waals surface area contributed by atoms with Gasteiger partial charge in [-0.3, -0.25) is 0 Å². The number of benzene rings is 1. The lowest BCUT2D eigenvalue weighted by Gasteiger charge is -2.06. The molecule has 5 heteroatoms. The Hall–Kier alpha value is -1.39. The molecule has 18 heavy (non-hydrogen) atoms. The standard InChI is InChI=1S/C13H13ClN2OS/c14-10-1-3-11(4-2-10)17-7-8-18-12-5-6-13(15)16-9-12/h1-6,9H,7-8H2,(H2,15,16). The highest BCUT2D eigenvalue weighted by Gasteiger charge is 1.97. The summed E-state index contributed by atoms with van der Waals surface area (Å²) < 4.78 is 5.58. The Bertz CT molecular complexity index is 440. The summed E-state index contributed by atoms with van der Waals surface area (Å²) in [7, 11) is 0. The number of nitrogens with two attached hydrogens (primary N) is 1. The van der Waals surface area contributed by atoms with Crippen molar-refractivity contribution in [2.45, 2.75) is 4.90 Å². The Labute approximate surface area is 115 Å². The minimum absolute atomic E-state index is 0.539. The summed E-state index contributed by atoms with van der Waals surface area (Å²) in [6.07, 6.45) is 1.77. The Morgan fingerprint density at radius 2 is 1.94 bits per heavy atom. The van der Waals surface area contributed by atoms with Gasteiger partial charge >= 0.3 is 0 Å². The third-order valence-electron chi connectivity index (χ3n) is 2.19. The van der Waals surface area contributed by atoms with Crippen LogP contribution in [0.5, 0.6) is 5.75 Å². The molecule has 0 saturated heterocycles. The van der Waals surface area contributed by atoms with Crippen molar-refractivity contribution in [3.63, 3.8) is 0 Å². The normalized spacial score (nSPS) is 10.3. The van der Waals surface area contributed by atoms with Crippen LogP contribution in [0, 0.1) is 0 Å². The average Bonchev–Trinajstić information content (AvgIpc) is 2.39. The molecular formula is C13H13ClN2OS. The van der Waals surface area contributed by atoms with Gasteiger partial charge < -0.3 is 10.5 Å². The largest absolute Gasteiger partial charge is 0.493 e. The van der Waals surface area contributed by atoms with Crippen LogP contribution in [0.3, 0.4) is 0 Å². The topological polar surface area (TPSA) is 48.1 Å². The molecule has 0 amide bonds. The van der Waals surface area contributed by atoms with E-state index in [0.29, 0.717) is 17.4 Å². The van der Waals surface area contributed by atoms with E-state index in [1.54, 1.807) is 24.0 Å². The zero-order valence-corrected chi connectivity index (χ0v) is 11.2. The number of nitrogens with zero attached hydrogens (tertiary/aromatic N) is 1. The molecule has 0 radical (unpaired) electrons. The van der Waals surface area contributed by atoms with Gasteiger partial charge in [0.1, 0.15) is 11.6 Å². The molecule has 0 aliphatic rings.